The fraction of sp³-hybridized carbons (Fsp3) is 0.172. The van der Waals surface area contributed by atoms with E-state index in [1.54, 1.807) is 42.5 Å². The van der Waals surface area contributed by atoms with Crippen molar-refractivity contribution in [3.63, 3.8) is 0 Å². The minimum atomic E-state index is -0.339. The predicted molar refractivity (Wildman–Crippen MR) is 142 cm³/mol. The number of amides is 1. The Balaban J connectivity index is 1.70. The molecule has 1 amide bonds. The number of rotatable bonds is 8. The minimum Gasteiger partial charge on any atom is -0.462 e. The monoisotopic (exact) mass is 484 g/mol. The van der Waals surface area contributed by atoms with E-state index < -0.39 is 0 Å². The normalized spacial score (nSPS) is 11.5. The maximum Gasteiger partial charge on any atom is 0.338 e. The van der Waals surface area contributed by atoms with Gasteiger partial charge in [0.25, 0.3) is 5.91 Å². The van der Waals surface area contributed by atoms with Crippen molar-refractivity contribution in [3.8, 4) is 0 Å². The molecule has 0 bridgehead atoms. The van der Waals surface area contributed by atoms with E-state index in [4.69, 9.17) is 4.74 Å². The van der Waals surface area contributed by atoms with Gasteiger partial charge in [-0.15, -0.1) is 11.3 Å². The zero-order valence-corrected chi connectivity index (χ0v) is 20.8. The zero-order valence-electron chi connectivity index (χ0n) is 20.0. The molecule has 0 saturated heterocycles. The number of hydrogen-bond acceptors (Lipinski definition) is 5. The Bertz CT molecular complexity index is 1300. The molecule has 4 aromatic rings. The molecule has 0 aliphatic heterocycles. The van der Waals surface area contributed by atoms with Crippen LogP contribution in [0.25, 0.3) is 0 Å². The number of hydrogen-bond donors (Lipinski definition) is 2. The Morgan fingerprint density at radius 1 is 0.857 bits per heavy atom. The molecule has 0 aliphatic carbocycles. The van der Waals surface area contributed by atoms with Crippen molar-refractivity contribution in [1.29, 1.82) is 0 Å². The maximum atomic E-state index is 13.0. The van der Waals surface area contributed by atoms with Crippen molar-refractivity contribution in [3.05, 3.63) is 118 Å². The summed E-state index contributed by atoms with van der Waals surface area (Å²) in [5.41, 5.74) is 5.20. The van der Waals surface area contributed by atoms with Crippen LogP contribution in [0.1, 0.15) is 55.2 Å². The molecule has 178 valence electrons. The van der Waals surface area contributed by atoms with Gasteiger partial charge >= 0.3 is 5.97 Å². The van der Waals surface area contributed by atoms with Gasteiger partial charge in [0.2, 0.25) is 0 Å². The molecule has 0 aliphatic rings. The number of ether oxygens (including phenoxy) is 1. The molecule has 1 heterocycles. The van der Waals surface area contributed by atoms with Gasteiger partial charge in [-0.2, -0.15) is 0 Å². The number of nitrogens with one attached hydrogen (secondary N) is 2. The van der Waals surface area contributed by atoms with E-state index in [0.717, 1.165) is 32.3 Å². The molecule has 1 atom stereocenters. The largest absolute Gasteiger partial charge is 0.462 e. The Kier molecular flexibility index (Phi) is 7.63. The molecule has 3 aromatic carbocycles. The van der Waals surface area contributed by atoms with Crippen molar-refractivity contribution < 1.29 is 14.3 Å². The van der Waals surface area contributed by atoms with Gasteiger partial charge < -0.3 is 15.4 Å². The summed E-state index contributed by atoms with van der Waals surface area (Å²) in [6.45, 7) is 6.28. The van der Waals surface area contributed by atoms with E-state index in [-0.39, 0.29) is 17.9 Å². The summed E-state index contributed by atoms with van der Waals surface area (Å²) in [4.78, 5) is 26.2. The third-order valence-electron chi connectivity index (χ3n) is 5.82. The molecule has 0 spiro atoms. The highest BCUT2D eigenvalue weighted by atomic mass is 32.1. The second-order valence-corrected chi connectivity index (χ2v) is 9.36. The first-order valence-corrected chi connectivity index (χ1v) is 12.3. The lowest BCUT2D eigenvalue weighted by Crippen LogP contribution is -2.17. The lowest BCUT2D eigenvalue weighted by molar-refractivity contribution is 0.0526. The summed E-state index contributed by atoms with van der Waals surface area (Å²) in [5.74, 6) is -0.479. The van der Waals surface area contributed by atoms with E-state index in [1.807, 2.05) is 48.5 Å². The Morgan fingerprint density at radius 3 is 2.11 bits per heavy atom. The Labute approximate surface area is 209 Å². The van der Waals surface area contributed by atoms with E-state index in [1.165, 1.54) is 0 Å². The first-order valence-electron chi connectivity index (χ1n) is 11.5. The van der Waals surface area contributed by atoms with Gasteiger partial charge in [0.1, 0.15) is 5.00 Å². The molecular formula is C29H28N2O3S. The van der Waals surface area contributed by atoms with Gasteiger partial charge in [0.05, 0.1) is 18.2 Å². The highest BCUT2D eigenvalue weighted by Crippen LogP contribution is 2.41. The minimum absolute atomic E-state index is 0.140. The summed E-state index contributed by atoms with van der Waals surface area (Å²) >= 11 is 1.58. The Hall–Kier alpha value is -3.90. The smallest absolute Gasteiger partial charge is 0.338 e. The molecule has 0 fully saturated rings. The topological polar surface area (TPSA) is 67.4 Å². The number of esters is 1. The van der Waals surface area contributed by atoms with Crippen LogP contribution < -0.4 is 10.6 Å². The molecule has 2 N–H and O–H groups in total. The maximum absolute atomic E-state index is 13.0. The van der Waals surface area contributed by atoms with E-state index in [9.17, 15) is 9.59 Å². The van der Waals surface area contributed by atoms with E-state index in [0.29, 0.717) is 17.7 Å². The summed E-state index contributed by atoms with van der Waals surface area (Å²) in [5, 5.41) is 7.58. The second-order valence-electron chi connectivity index (χ2n) is 8.13. The van der Waals surface area contributed by atoms with Crippen molar-refractivity contribution in [1.82, 2.24) is 0 Å². The summed E-state index contributed by atoms with van der Waals surface area (Å²) in [6, 6.07) is 26.4. The molecular weight excluding hydrogens is 456 g/mol. The second kappa shape index (κ2) is 11.0. The zero-order chi connectivity index (χ0) is 24.8. The lowest BCUT2D eigenvalue weighted by atomic mass is 9.96. The average Bonchev–Trinajstić information content (AvgIpc) is 3.16. The SMILES string of the molecule is CCOC(=O)c1ccc(N[C@@H](c2ccccc2)c2c(NC(=O)c3ccccc3)sc(C)c2C)cc1. The molecule has 0 radical (unpaired) electrons. The lowest BCUT2D eigenvalue weighted by Gasteiger charge is -2.23. The van der Waals surface area contributed by atoms with Gasteiger partial charge in [0, 0.05) is 21.7 Å². The number of aryl methyl sites for hydroxylation is 1. The van der Waals surface area contributed by atoms with Gasteiger partial charge in [-0.25, -0.2) is 4.79 Å². The quantitative estimate of drug-likeness (QED) is 0.264. The van der Waals surface area contributed by atoms with Crippen molar-refractivity contribution >= 4 is 33.9 Å². The summed E-state index contributed by atoms with van der Waals surface area (Å²) in [7, 11) is 0. The van der Waals surface area contributed by atoms with Gasteiger partial charge in [-0.05, 0) is 68.3 Å². The molecule has 35 heavy (non-hydrogen) atoms. The number of benzene rings is 3. The first-order chi connectivity index (χ1) is 17.0. The van der Waals surface area contributed by atoms with Gasteiger partial charge in [0.15, 0.2) is 0 Å². The van der Waals surface area contributed by atoms with Crippen LogP contribution in [0, 0.1) is 13.8 Å². The van der Waals surface area contributed by atoms with Crippen molar-refractivity contribution in [2.45, 2.75) is 26.8 Å². The molecule has 6 heteroatoms. The average molecular weight is 485 g/mol. The fourth-order valence-corrected chi connectivity index (χ4v) is 4.99. The molecule has 4 rings (SSSR count). The first kappa shape index (κ1) is 24.2. The Morgan fingerprint density at radius 2 is 1.49 bits per heavy atom. The number of carbonyl (C=O) groups is 2. The van der Waals surface area contributed by atoms with Crippen LogP contribution in [0.15, 0.2) is 84.9 Å². The van der Waals surface area contributed by atoms with E-state index in [2.05, 4.69) is 36.6 Å². The molecule has 0 saturated carbocycles. The summed E-state index contributed by atoms with van der Waals surface area (Å²) < 4.78 is 5.10. The van der Waals surface area contributed by atoms with E-state index >= 15 is 0 Å². The third-order valence-corrected chi connectivity index (χ3v) is 6.96. The number of carbonyl (C=O) groups excluding carboxylic acids is 2. The van der Waals surface area contributed by atoms with Crippen LogP contribution in [0.3, 0.4) is 0 Å². The standard InChI is InChI=1S/C29H28N2O3S/c1-4-34-29(33)23-15-17-24(18-16-23)30-26(21-11-7-5-8-12-21)25-19(2)20(3)35-28(25)31-27(32)22-13-9-6-10-14-22/h5-18,26,30H,4H2,1-3H3,(H,31,32)/t26-/m0/s1. The fourth-order valence-electron chi connectivity index (χ4n) is 3.90. The van der Waals surface area contributed by atoms with Gasteiger partial charge in [-0.3, -0.25) is 4.79 Å². The van der Waals surface area contributed by atoms with Crippen LogP contribution in [0.2, 0.25) is 0 Å². The highest BCUT2D eigenvalue weighted by molar-refractivity contribution is 7.16. The third kappa shape index (κ3) is 5.61. The van der Waals surface area contributed by atoms with Gasteiger partial charge in [-0.1, -0.05) is 48.5 Å². The molecule has 0 unspecified atom stereocenters. The van der Waals surface area contributed by atoms with Crippen LogP contribution in [0.4, 0.5) is 10.7 Å². The number of thiophene rings is 1. The van der Waals surface area contributed by atoms with Crippen molar-refractivity contribution in [2.75, 3.05) is 17.2 Å². The predicted octanol–water partition coefficient (Wildman–Crippen LogP) is 7.00. The van der Waals surface area contributed by atoms with Crippen LogP contribution >= 0.6 is 11.3 Å². The highest BCUT2D eigenvalue weighted by Gasteiger charge is 2.25. The van der Waals surface area contributed by atoms with Crippen molar-refractivity contribution in [2.24, 2.45) is 0 Å². The summed E-state index contributed by atoms with van der Waals surface area (Å²) in [6.07, 6.45) is 0. The van der Waals surface area contributed by atoms with Crippen LogP contribution in [-0.4, -0.2) is 18.5 Å². The van der Waals surface area contributed by atoms with Crippen LogP contribution in [-0.2, 0) is 4.74 Å². The van der Waals surface area contributed by atoms with Crippen LogP contribution in [0.5, 0.6) is 0 Å². The molecule has 5 nitrogen and oxygen atoms in total. The molecule has 1 aromatic heterocycles. The number of anilines is 2.